The predicted octanol–water partition coefficient (Wildman–Crippen LogP) is 2.54. The first-order valence-electron chi connectivity index (χ1n) is 4.70. The lowest BCUT2D eigenvalue weighted by atomic mass is 10.0. The number of carbonyl (C=O) groups excluding carboxylic acids is 1. The number of carbonyl (C=O) groups is 1. The van der Waals surface area contributed by atoms with Crippen molar-refractivity contribution < 1.29 is 18.0 Å². The van der Waals surface area contributed by atoms with E-state index in [0.717, 1.165) is 12.1 Å². The molecule has 0 aliphatic carbocycles. The third-order valence-corrected chi connectivity index (χ3v) is 2.10. The minimum Gasteiger partial charge on any atom is -0.321 e. The summed E-state index contributed by atoms with van der Waals surface area (Å²) in [6, 6.07) is 2.43. The molecule has 5 heteroatoms. The summed E-state index contributed by atoms with van der Waals surface area (Å²) in [5.74, 6) is -0.491. The number of ketones is 1. The number of rotatable bonds is 2. The van der Waals surface area contributed by atoms with Gasteiger partial charge in [-0.1, -0.05) is 0 Å². The summed E-state index contributed by atoms with van der Waals surface area (Å²) in [4.78, 5) is 11.5. The Balaban J connectivity index is 3.24. The molecule has 1 rings (SSSR count). The van der Waals surface area contributed by atoms with Gasteiger partial charge in [0.25, 0.3) is 0 Å². The van der Waals surface area contributed by atoms with Crippen molar-refractivity contribution in [1.82, 2.24) is 0 Å². The van der Waals surface area contributed by atoms with Gasteiger partial charge in [-0.05, 0) is 37.6 Å². The van der Waals surface area contributed by atoms with Gasteiger partial charge in [-0.25, -0.2) is 0 Å². The average molecular weight is 231 g/mol. The van der Waals surface area contributed by atoms with Crippen LogP contribution in [0, 0.1) is 6.92 Å². The lowest BCUT2D eigenvalue weighted by Gasteiger charge is -2.11. The van der Waals surface area contributed by atoms with Gasteiger partial charge in [0.1, 0.15) is 0 Å². The molecular weight excluding hydrogens is 219 g/mol. The molecule has 0 aliphatic heterocycles. The molecule has 1 aromatic rings. The lowest BCUT2D eigenvalue weighted by Crippen LogP contribution is -2.27. The van der Waals surface area contributed by atoms with E-state index >= 15 is 0 Å². The Labute approximate surface area is 91.3 Å². The van der Waals surface area contributed by atoms with Gasteiger partial charge < -0.3 is 5.73 Å². The second kappa shape index (κ2) is 4.25. The van der Waals surface area contributed by atoms with E-state index in [0.29, 0.717) is 5.56 Å². The number of alkyl halides is 3. The van der Waals surface area contributed by atoms with Crippen LogP contribution in [0.25, 0.3) is 0 Å². The maximum atomic E-state index is 12.5. The summed E-state index contributed by atoms with van der Waals surface area (Å²) < 4.78 is 37.4. The van der Waals surface area contributed by atoms with Gasteiger partial charge in [0.05, 0.1) is 11.6 Å². The van der Waals surface area contributed by atoms with E-state index in [2.05, 4.69) is 0 Å². The fourth-order valence-corrected chi connectivity index (χ4v) is 1.35. The molecule has 1 atom stereocenters. The lowest BCUT2D eigenvalue weighted by molar-refractivity contribution is -0.137. The van der Waals surface area contributed by atoms with E-state index in [1.54, 1.807) is 0 Å². The van der Waals surface area contributed by atoms with Crippen LogP contribution in [-0.4, -0.2) is 11.8 Å². The second-order valence-corrected chi connectivity index (χ2v) is 3.74. The minimum atomic E-state index is -4.45. The summed E-state index contributed by atoms with van der Waals surface area (Å²) in [7, 11) is 0. The Hall–Kier alpha value is -1.36. The third kappa shape index (κ3) is 2.82. The van der Waals surface area contributed by atoms with Crippen molar-refractivity contribution in [3.05, 3.63) is 34.9 Å². The molecule has 0 saturated heterocycles. The Bertz CT molecular complexity index is 410. The van der Waals surface area contributed by atoms with Gasteiger partial charge in [0.2, 0.25) is 0 Å². The Morgan fingerprint density at radius 3 is 2.31 bits per heavy atom. The molecule has 0 bridgehead atoms. The van der Waals surface area contributed by atoms with Gasteiger partial charge in [-0.3, -0.25) is 4.79 Å². The van der Waals surface area contributed by atoms with E-state index in [1.165, 1.54) is 19.9 Å². The van der Waals surface area contributed by atoms with E-state index < -0.39 is 23.6 Å². The number of benzene rings is 1. The summed E-state index contributed by atoms with van der Waals surface area (Å²) in [5, 5.41) is 0. The second-order valence-electron chi connectivity index (χ2n) is 3.74. The first-order chi connectivity index (χ1) is 7.21. The standard InChI is InChI=1S/C11H12F3NO/c1-6-3-8(10(16)7(2)15)5-9(4-6)11(12,13)14/h3-5,7H,15H2,1-2H3/t7-/m0/s1. The van der Waals surface area contributed by atoms with Crippen LogP contribution in [0.3, 0.4) is 0 Å². The first kappa shape index (κ1) is 12.7. The summed E-state index contributed by atoms with van der Waals surface area (Å²) in [6.45, 7) is 2.95. The summed E-state index contributed by atoms with van der Waals surface area (Å²) in [5.41, 5.74) is 4.91. The van der Waals surface area contributed by atoms with Gasteiger partial charge in [-0.15, -0.1) is 0 Å². The highest BCUT2D eigenvalue weighted by atomic mass is 19.4. The van der Waals surface area contributed by atoms with Crippen LogP contribution < -0.4 is 5.73 Å². The van der Waals surface area contributed by atoms with Crippen LogP contribution in [0.5, 0.6) is 0 Å². The SMILES string of the molecule is Cc1cc(C(=O)[C@H](C)N)cc(C(F)(F)F)c1. The Morgan fingerprint density at radius 1 is 1.31 bits per heavy atom. The fraction of sp³-hybridized carbons (Fsp3) is 0.364. The maximum absolute atomic E-state index is 12.5. The zero-order valence-electron chi connectivity index (χ0n) is 8.93. The van der Waals surface area contributed by atoms with Crippen molar-refractivity contribution in [2.75, 3.05) is 0 Å². The van der Waals surface area contributed by atoms with Crippen LogP contribution in [0.1, 0.15) is 28.4 Å². The molecule has 0 fully saturated rings. The van der Waals surface area contributed by atoms with E-state index in [4.69, 9.17) is 5.73 Å². The highest BCUT2D eigenvalue weighted by Crippen LogP contribution is 2.30. The molecule has 0 amide bonds. The van der Waals surface area contributed by atoms with Gasteiger partial charge in [0.15, 0.2) is 5.78 Å². The molecule has 0 saturated carbocycles. The van der Waals surface area contributed by atoms with Crippen LogP contribution in [0.2, 0.25) is 0 Å². The number of halogens is 3. The smallest absolute Gasteiger partial charge is 0.321 e. The van der Waals surface area contributed by atoms with Crippen LogP contribution in [0.4, 0.5) is 13.2 Å². The summed E-state index contributed by atoms with van der Waals surface area (Å²) in [6.07, 6.45) is -4.45. The Morgan fingerprint density at radius 2 is 1.88 bits per heavy atom. The van der Waals surface area contributed by atoms with Gasteiger partial charge >= 0.3 is 6.18 Å². The quantitative estimate of drug-likeness (QED) is 0.795. The molecule has 0 aromatic heterocycles. The van der Waals surface area contributed by atoms with E-state index in [-0.39, 0.29) is 5.56 Å². The number of aryl methyl sites for hydroxylation is 1. The van der Waals surface area contributed by atoms with Crippen molar-refractivity contribution in [2.24, 2.45) is 5.73 Å². The average Bonchev–Trinajstić information content (AvgIpc) is 2.14. The fourth-order valence-electron chi connectivity index (χ4n) is 1.35. The topological polar surface area (TPSA) is 43.1 Å². The van der Waals surface area contributed by atoms with Crippen LogP contribution in [-0.2, 0) is 6.18 Å². The normalized spacial score (nSPS) is 13.6. The number of hydrogen-bond acceptors (Lipinski definition) is 2. The largest absolute Gasteiger partial charge is 0.416 e. The maximum Gasteiger partial charge on any atom is 0.416 e. The van der Waals surface area contributed by atoms with E-state index in [1.807, 2.05) is 0 Å². The number of nitrogens with two attached hydrogens (primary N) is 1. The van der Waals surface area contributed by atoms with Crippen molar-refractivity contribution >= 4 is 5.78 Å². The molecule has 16 heavy (non-hydrogen) atoms. The molecule has 88 valence electrons. The highest BCUT2D eigenvalue weighted by Gasteiger charge is 2.31. The van der Waals surface area contributed by atoms with E-state index in [9.17, 15) is 18.0 Å². The van der Waals surface area contributed by atoms with Crippen molar-refractivity contribution in [3.8, 4) is 0 Å². The molecule has 1 aromatic carbocycles. The zero-order chi connectivity index (χ0) is 12.5. The van der Waals surface area contributed by atoms with Gasteiger partial charge in [0, 0.05) is 5.56 Å². The zero-order valence-corrected chi connectivity index (χ0v) is 8.93. The number of Topliss-reactive ketones (excluding diaryl/α,β-unsaturated/α-hetero) is 1. The molecule has 2 N–H and O–H groups in total. The molecule has 2 nitrogen and oxygen atoms in total. The predicted molar refractivity (Wildman–Crippen MR) is 54.2 cm³/mol. The molecule has 0 unspecified atom stereocenters. The number of hydrogen-bond donors (Lipinski definition) is 1. The van der Waals surface area contributed by atoms with Gasteiger partial charge in [-0.2, -0.15) is 13.2 Å². The molecule has 0 radical (unpaired) electrons. The van der Waals surface area contributed by atoms with Crippen LogP contribution in [0.15, 0.2) is 18.2 Å². The third-order valence-electron chi connectivity index (χ3n) is 2.10. The first-order valence-corrected chi connectivity index (χ1v) is 4.70. The minimum absolute atomic E-state index is 0.00215. The summed E-state index contributed by atoms with van der Waals surface area (Å²) >= 11 is 0. The Kier molecular flexibility index (Phi) is 3.38. The van der Waals surface area contributed by atoms with Crippen molar-refractivity contribution in [1.29, 1.82) is 0 Å². The highest BCUT2D eigenvalue weighted by molar-refractivity contribution is 6.00. The monoisotopic (exact) mass is 231 g/mol. The molecule has 0 heterocycles. The van der Waals surface area contributed by atoms with Crippen molar-refractivity contribution in [2.45, 2.75) is 26.1 Å². The molecule has 0 aliphatic rings. The molecular formula is C11H12F3NO. The van der Waals surface area contributed by atoms with Crippen LogP contribution >= 0.6 is 0 Å². The molecule has 0 spiro atoms. The van der Waals surface area contributed by atoms with Crippen molar-refractivity contribution in [3.63, 3.8) is 0 Å².